The van der Waals surface area contributed by atoms with Crippen molar-refractivity contribution in [1.82, 2.24) is 0 Å². The molecule has 0 radical (unpaired) electrons. The van der Waals surface area contributed by atoms with Gasteiger partial charge in [0.2, 0.25) is 0 Å². The first kappa shape index (κ1) is 18.5. The largest absolute Gasteiger partial charge is 0.481 e. The lowest BCUT2D eigenvalue weighted by molar-refractivity contribution is -0.138. The van der Waals surface area contributed by atoms with Crippen molar-refractivity contribution < 1.29 is 9.90 Å². The van der Waals surface area contributed by atoms with Crippen LogP contribution in [0.15, 0.2) is 0 Å². The number of hydrogen-bond acceptors (Lipinski definition) is 1. The molecule has 0 amide bonds. The molecule has 0 aromatic heterocycles. The molecule has 0 aromatic rings. The van der Waals surface area contributed by atoms with Gasteiger partial charge in [-0.25, -0.2) is 0 Å². The standard InChI is InChI=1S/C17H34O2/c1-4-5-6-7-8-9-10-11-12-13-16(15(2)3)14-17(18)19/h15-16H,4-14H2,1-3H3,(H,18,19). The van der Waals surface area contributed by atoms with Crippen molar-refractivity contribution in [3.05, 3.63) is 0 Å². The third kappa shape index (κ3) is 12.3. The number of carboxylic acids is 1. The Bertz CT molecular complexity index is 211. The van der Waals surface area contributed by atoms with Gasteiger partial charge in [-0.2, -0.15) is 0 Å². The molecule has 0 heterocycles. The summed E-state index contributed by atoms with van der Waals surface area (Å²) in [5.41, 5.74) is 0. The van der Waals surface area contributed by atoms with Crippen molar-refractivity contribution in [1.29, 1.82) is 0 Å². The summed E-state index contributed by atoms with van der Waals surface area (Å²) in [6.07, 6.45) is 13.4. The number of carboxylic acid groups (broad SMARTS) is 1. The number of hydrogen-bond donors (Lipinski definition) is 1. The van der Waals surface area contributed by atoms with Crippen LogP contribution in [-0.4, -0.2) is 11.1 Å². The second-order valence-electron chi connectivity index (χ2n) is 6.22. The molecule has 2 heteroatoms. The monoisotopic (exact) mass is 270 g/mol. The highest BCUT2D eigenvalue weighted by atomic mass is 16.4. The maximum absolute atomic E-state index is 10.8. The van der Waals surface area contributed by atoms with Gasteiger partial charge in [-0.3, -0.25) is 4.79 Å². The smallest absolute Gasteiger partial charge is 0.303 e. The van der Waals surface area contributed by atoms with E-state index in [2.05, 4.69) is 20.8 Å². The first-order chi connectivity index (χ1) is 9.07. The van der Waals surface area contributed by atoms with Crippen molar-refractivity contribution >= 4 is 5.97 Å². The Morgan fingerprint density at radius 2 is 1.37 bits per heavy atom. The zero-order valence-electron chi connectivity index (χ0n) is 13.3. The summed E-state index contributed by atoms with van der Waals surface area (Å²) in [5.74, 6) is 0.210. The van der Waals surface area contributed by atoms with Gasteiger partial charge in [-0.15, -0.1) is 0 Å². The summed E-state index contributed by atoms with van der Waals surface area (Å²) in [5, 5.41) is 8.88. The number of unbranched alkanes of at least 4 members (excludes halogenated alkanes) is 8. The molecule has 1 atom stereocenters. The van der Waals surface area contributed by atoms with E-state index in [9.17, 15) is 4.79 Å². The number of aliphatic carboxylic acids is 1. The lowest BCUT2D eigenvalue weighted by atomic mass is 9.87. The lowest BCUT2D eigenvalue weighted by Gasteiger charge is -2.18. The van der Waals surface area contributed by atoms with Crippen LogP contribution in [-0.2, 0) is 4.79 Å². The second-order valence-corrected chi connectivity index (χ2v) is 6.22. The molecule has 0 bridgehead atoms. The van der Waals surface area contributed by atoms with E-state index in [4.69, 9.17) is 5.11 Å². The molecular formula is C17H34O2. The summed E-state index contributed by atoms with van der Waals surface area (Å²) in [4.78, 5) is 10.8. The fourth-order valence-electron chi connectivity index (χ4n) is 2.61. The van der Waals surface area contributed by atoms with Crippen LogP contribution in [0, 0.1) is 11.8 Å². The molecule has 0 aliphatic carbocycles. The predicted octanol–water partition coefficient (Wildman–Crippen LogP) is 5.65. The van der Waals surface area contributed by atoms with Crippen molar-refractivity contribution in [2.75, 3.05) is 0 Å². The summed E-state index contributed by atoms with van der Waals surface area (Å²) in [6, 6.07) is 0. The molecular weight excluding hydrogens is 236 g/mol. The van der Waals surface area contributed by atoms with Gasteiger partial charge in [0.05, 0.1) is 0 Å². The van der Waals surface area contributed by atoms with E-state index in [1.54, 1.807) is 0 Å². The van der Waals surface area contributed by atoms with Crippen LogP contribution < -0.4 is 0 Å². The van der Waals surface area contributed by atoms with E-state index in [0.717, 1.165) is 6.42 Å². The fourth-order valence-corrected chi connectivity index (χ4v) is 2.61. The highest BCUT2D eigenvalue weighted by Gasteiger charge is 2.16. The predicted molar refractivity (Wildman–Crippen MR) is 82.4 cm³/mol. The molecule has 0 saturated carbocycles. The zero-order chi connectivity index (χ0) is 14.5. The van der Waals surface area contributed by atoms with Gasteiger partial charge < -0.3 is 5.11 Å². The third-order valence-electron chi connectivity index (χ3n) is 4.06. The maximum Gasteiger partial charge on any atom is 0.303 e. The quantitative estimate of drug-likeness (QED) is 0.439. The lowest BCUT2D eigenvalue weighted by Crippen LogP contribution is -2.13. The van der Waals surface area contributed by atoms with Crippen molar-refractivity contribution in [3.8, 4) is 0 Å². The van der Waals surface area contributed by atoms with Gasteiger partial charge in [0.1, 0.15) is 0 Å². The van der Waals surface area contributed by atoms with E-state index in [0.29, 0.717) is 18.3 Å². The van der Waals surface area contributed by atoms with E-state index < -0.39 is 5.97 Å². The molecule has 1 unspecified atom stereocenters. The third-order valence-corrected chi connectivity index (χ3v) is 4.06. The van der Waals surface area contributed by atoms with Crippen LogP contribution >= 0.6 is 0 Å². The highest BCUT2D eigenvalue weighted by Crippen LogP contribution is 2.22. The molecule has 0 aliphatic rings. The summed E-state index contributed by atoms with van der Waals surface area (Å²) in [6.45, 7) is 6.53. The zero-order valence-corrected chi connectivity index (χ0v) is 13.3. The van der Waals surface area contributed by atoms with E-state index in [1.165, 1.54) is 57.8 Å². The minimum atomic E-state index is -0.644. The van der Waals surface area contributed by atoms with Gasteiger partial charge in [0.15, 0.2) is 0 Å². The van der Waals surface area contributed by atoms with Crippen molar-refractivity contribution in [2.45, 2.75) is 91.4 Å². The molecule has 0 spiro atoms. The number of rotatable bonds is 13. The molecule has 114 valence electrons. The SMILES string of the molecule is CCCCCCCCCCCC(CC(=O)O)C(C)C. The molecule has 19 heavy (non-hydrogen) atoms. The summed E-state index contributed by atoms with van der Waals surface area (Å²) < 4.78 is 0. The minimum absolute atomic E-state index is 0.342. The molecule has 0 fully saturated rings. The van der Waals surface area contributed by atoms with Crippen LogP contribution in [0.25, 0.3) is 0 Å². The van der Waals surface area contributed by atoms with Crippen LogP contribution in [0.1, 0.15) is 91.4 Å². The first-order valence-corrected chi connectivity index (χ1v) is 8.29. The van der Waals surface area contributed by atoms with Crippen molar-refractivity contribution in [3.63, 3.8) is 0 Å². The molecule has 0 saturated heterocycles. The Morgan fingerprint density at radius 3 is 1.79 bits per heavy atom. The minimum Gasteiger partial charge on any atom is -0.481 e. The average Bonchev–Trinajstić information content (AvgIpc) is 2.34. The highest BCUT2D eigenvalue weighted by molar-refractivity contribution is 5.67. The average molecular weight is 270 g/mol. The molecule has 0 aliphatic heterocycles. The van der Waals surface area contributed by atoms with Crippen LogP contribution in [0.5, 0.6) is 0 Å². The molecule has 1 N–H and O–H groups in total. The second kappa shape index (κ2) is 12.5. The Morgan fingerprint density at radius 1 is 0.895 bits per heavy atom. The topological polar surface area (TPSA) is 37.3 Å². The van der Waals surface area contributed by atoms with Crippen LogP contribution in [0.4, 0.5) is 0 Å². The normalized spacial score (nSPS) is 12.8. The van der Waals surface area contributed by atoms with Gasteiger partial charge in [-0.1, -0.05) is 78.6 Å². The van der Waals surface area contributed by atoms with Crippen molar-refractivity contribution in [2.24, 2.45) is 11.8 Å². The van der Waals surface area contributed by atoms with Crippen LogP contribution in [0.2, 0.25) is 0 Å². The van der Waals surface area contributed by atoms with E-state index >= 15 is 0 Å². The molecule has 0 aromatic carbocycles. The fraction of sp³-hybridized carbons (Fsp3) is 0.941. The Labute approximate surface area is 120 Å². The Kier molecular flexibility index (Phi) is 12.2. The number of carbonyl (C=O) groups is 1. The van der Waals surface area contributed by atoms with Gasteiger partial charge in [0.25, 0.3) is 0 Å². The molecule has 0 rings (SSSR count). The first-order valence-electron chi connectivity index (χ1n) is 8.29. The van der Waals surface area contributed by atoms with Gasteiger partial charge >= 0.3 is 5.97 Å². The Hall–Kier alpha value is -0.530. The van der Waals surface area contributed by atoms with Gasteiger partial charge in [0, 0.05) is 6.42 Å². The maximum atomic E-state index is 10.8. The van der Waals surface area contributed by atoms with E-state index in [1.807, 2.05) is 0 Å². The van der Waals surface area contributed by atoms with Gasteiger partial charge in [-0.05, 0) is 18.3 Å². The summed E-state index contributed by atoms with van der Waals surface area (Å²) in [7, 11) is 0. The molecule has 2 nitrogen and oxygen atoms in total. The van der Waals surface area contributed by atoms with E-state index in [-0.39, 0.29) is 0 Å². The van der Waals surface area contributed by atoms with Crippen LogP contribution in [0.3, 0.4) is 0 Å². The Balaban J connectivity index is 3.42. The summed E-state index contributed by atoms with van der Waals surface area (Å²) >= 11 is 0.